The zero-order valence-corrected chi connectivity index (χ0v) is 17.0. The number of halogens is 1. The highest BCUT2D eigenvalue weighted by molar-refractivity contribution is 6.13. The summed E-state index contributed by atoms with van der Waals surface area (Å²) < 4.78 is 14.0. The van der Waals surface area contributed by atoms with Crippen LogP contribution in [0.5, 0.6) is 0 Å². The van der Waals surface area contributed by atoms with Crippen molar-refractivity contribution >= 4 is 29.1 Å². The smallest absolute Gasteiger partial charge is 0.256 e. The number of nitrogens with one attached hydrogen (secondary N) is 1. The fraction of sp³-hybridized carbons (Fsp3) is 0.348. The third kappa shape index (κ3) is 3.67. The zero-order valence-electron chi connectivity index (χ0n) is 17.0. The molecule has 6 nitrogen and oxygen atoms in total. The lowest BCUT2D eigenvalue weighted by Crippen LogP contribution is -2.47. The van der Waals surface area contributed by atoms with Gasteiger partial charge in [-0.25, -0.2) is 4.39 Å². The van der Waals surface area contributed by atoms with E-state index in [0.717, 1.165) is 18.1 Å². The fourth-order valence-corrected chi connectivity index (χ4v) is 4.09. The Labute approximate surface area is 174 Å². The van der Waals surface area contributed by atoms with Crippen LogP contribution in [0.2, 0.25) is 0 Å². The molecule has 0 spiro atoms. The van der Waals surface area contributed by atoms with E-state index in [0.29, 0.717) is 24.6 Å². The second-order valence-electron chi connectivity index (χ2n) is 8.07. The molecule has 3 amide bonds. The van der Waals surface area contributed by atoms with E-state index in [4.69, 9.17) is 0 Å². The van der Waals surface area contributed by atoms with Crippen LogP contribution in [0, 0.1) is 5.82 Å². The van der Waals surface area contributed by atoms with Crippen LogP contribution in [0.25, 0.3) is 0 Å². The van der Waals surface area contributed by atoms with Crippen LogP contribution in [0.4, 0.5) is 15.8 Å². The lowest BCUT2D eigenvalue weighted by atomic mass is 10.0. The Hall–Kier alpha value is -3.22. The molecule has 0 saturated carbocycles. The van der Waals surface area contributed by atoms with Gasteiger partial charge in [0.2, 0.25) is 11.8 Å². The van der Waals surface area contributed by atoms with Gasteiger partial charge < -0.3 is 15.1 Å². The molecule has 1 fully saturated rings. The molecule has 1 N–H and O–H groups in total. The number of anilines is 2. The number of fused-ring (bicyclic) bond motifs is 2. The van der Waals surface area contributed by atoms with Crippen molar-refractivity contribution in [3.05, 3.63) is 59.4 Å². The van der Waals surface area contributed by atoms with E-state index in [9.17, 15) is 18.8 Å². The lowest BCUT2D eigenvalue weighted by Gasteiger charge is -2.25. The molecule has 0 aliphatic carbocycles. The second kappa shape index (κ2) is 7.89. The maximum absolute atomic E-state index is 14.0. The molecule has 2 aliphatic rings. The first kappa shape index (κ1) is 20.1. The standard InChI is InChI=1S/C23H24FN3O3/c1-14(2)15-5-8-17(9-6-15)25-21(28)13-27-20-12-16(24)7-10-18(20)22(29)26-11-3-4-19(26)23(27)30/h5-10,12,14,19H,3-4,11,13H2,1-2H3,(H,25,28)/t19-/m1/s1. The average molecular weight is 409 g/mol. The normalized spacial score (nSPS) is 18.3. The van der Waals surface area contributed by atoms with Crippen molar-refractivity contribution in [2.24, 2.45) is 0 Å². The molecule has 1 saturated heterocycles. The Balaban J connectivity index is 1.60. The molecule has 7 heteroatoms. The molecule has 0 unspecified atom stereocenters. The van der Waals surface area contributed by atoms with Crippen molar-refractivity contribution in [2.45, 2.75) is 38.6 Å². The number of nitrogens with zero attached hydrogens (tertiary/aromatic N) is 2. The van der Waals surface area contributed by atoms with Gasteiger partial charge in [-0.15, -0.1) is 0 Å². The largest absolute Gasteiger partial charge is 0.327 e. The Bertz CT molecular complexity index is 1000. The number of hydrogen-bond acceptors (Lipinski definition) is 3. The Morgan fingerprint density at radius 3 is 2.60 bits per heavy atom. The number of carbonyl (C=O) groups excluding carboxylic acids is 3. The highest BCUT2D eigenvalue weighted by atomic mass is 19.1. The van der Waals surface area contributed by atoms with Gasteiger partial charge in [-0.3, -0.25) is 14.4 Å². The minimum absolute atomic E-state index is 0.143. The van der Waals surface area contributed by atoms with Gasteiger partial charge in [-0.05, 0) is 54.7 Å². The van der Waals surface area contributed by atoms with Gasteiger partial charge in [-0.1, -0.05) is 26.0 Å². The molecule has 4 rings (SSSR count). The van der Waals surface area contributed by atoms with Crippen molar-refractivity contribution in [3.63, 3.8) is 0 Å². The van der Waals surface area contributed by atoms with Crippen molar-refractivity contribution in [1.29, 1.82) is 0 Å². The van der Waals surface area contributed by atoms with E-state index in [2.05, 4.69) is 19.2 Å². The summed E-state index contributed by atoms with van der Waals surface area (Å²) in [6.07, 6.45) is 1.26. The highest BCUT2D eigenvalue weighted by Gasteiger charge is 2.42. The van der Waals surface area contributed by atoms with Gasteiger partial charge in [0.05, 0.1) is 11.3 Å². The van der Waals surface area contributed by atoms with Crippen LogP contribution < -0.4 is 10.2 Å². The van der Waals surface area contributed by atoms with Gasteiger partial charge >= 0.3 is 0 Å². The fourth-order valence-electron chi connectivity index (χ4n) is 4.09. The first-order valence-corrected chi connectivity index (χ1v) is 10.2. The minimum Gasteiger partial charge on any atom is -0.327 e. The Morgan fingerprint density at radius 1 is 1.17 bits per heavy atom. The number of hydrogen-bond donors (Lipinski definition) is 1. The summed E-state index contributed by atoms with van der Waals surface area (Å²) >= 11 is 0. The van der Waals surface area contributed by atoms with Crippen LogP contribution in [-0.4, -0.2) is 41.8 Å². The van der Waals surface area contributed by atoms with Crippen LogP contribution in [-0.2, 0) is 9.59 Å². The van der Waals surface area contributed by atoms with Gasteiger partial charge in [0.25, 0.3) is 5.91 Å². The monoisotopic (exact) mass is 409 g/mol. The summed E-state index contributed by atoms with van der Waals surface area (Å²) in [5, 5.41) is 2.79. The molecule has 156 valence electrons. The maximum Gasteiger partial charge on any atom is 0.256 e. The van der Waals surface area contributed by atoms with Crippen molar-refractivity contribution < 1.29 is 18.8 Å². The summed E-state index contributed by atoms with van der Waals surface area (Å²) in [7, 11) is 0. The molecule has 0 bridgehead atoms. The minimum atomic E-state index is -0.619. The lowest BCUT2D eigenvalue weighted by molar-refractivity contribution is -0.124. The topological polar surface area (TPSA) is 69.7 Å². The number of rotatable bonds is 4. The quantitative estimate of drug-likeness (QED) is 0.840. The van der Waals surface area contributed by atoms with Crippen molar-refractivity contribution in [1.82, 2.24) is 4.90 Å². The van der Waals surface area contributed by atoms with Crippen LogP contribution >= 0.6 is 0 Å². The Kier molecular flexibility index (Phi) is 5.28. The summed E-state index contributed by atoms with van der Waals surface area (Å²) in [6, 6.07) is 10.6. The van der Waals surface area contributed by atoms with Crippen LogP contribution in [0.3, 0.4) is 0 Å². The maximum atomic E-state index is 14.0. The molecule has 1 atom stereocenters. The van der Waals surface area contributed by atoms with Crippen molar-refractivity contribution in [2.75, 3.05) is 23.3 Å². The molecular weight excluding hydrogens is 385 g/mol. The number of benzene rings is 2. The van der Waals surface area contributed by atoms with E-state index in [1.54, 1.807) is 0 Å². The SMILES string of the molecule is CC(C)c1ccc(NC(=O)CN2C(=O)[C@H]3CCCN3C(=O)c3ccc(F)cc32)cc1. The summed E-state index contributed by atoms with van der Waals surface area (Å²) in [5.74, 6) is -1.24. The molecule has 2 aromatic carbocycles. The van der Waals surface area contributed by atoms with Gasteiger partial charge in [0.15, 0.2) is 0 Å². The zero-order chi connectivity index (χ0) is 21.4. The average Bonchev–Trinajstić information content (AvgIpc) is 3.19. The van der Waals surface area contributed by atoms with E-state index in [-0.39, 0.29) is 29.6 Å². The van der Waals surface area contributed by atoms with E-state index < -0.39 is 17.8 Å². The molecule has 2 aliphatic heterocycles. The molecule has 0 radical (unpaired) electrons. The summed E-state index contributed by atoms with van der Waals surface area (Å²) in [6.45, 7) is 4.36. The molecular formula is C23H24FN3O3. The number of carbonyl (C=O) groups is 3. The molecule has 30 heavy (non-hydrogen) atoms. The first-order valence-electron chi connectivity index (χ1n) is 10.2. The number of amides is 3. The Morgan fingerprint density at radius 2 is 1.90 bits per heavy atom. The van der Waals surface area contributed by atoms with Crippen LogP contribution in [0.15, 0.2) is 42.5 Å². The molecule has 0 aromatic heterocycles. The predicted octanol–water partition coefficient (Wildman–Crippen LogP) is 3.54. The second-order valence-corrected chi connectivity index (χ2v) is 8.07. The van der Waals surface area contributed by atoms with Crippen LogP contribution in [0.1, 0.15) is 48.5 Å². The summed E-state index contributed by atoms with van der Waals surface area (Å²) in [5.41, 5.74) is 2.15. The highest BCUT2D eigenvalue weighted by Crippen LogP contribution is 2.33. The first-order chi connectivity index (χ1) is 14.3. The van der Waals surface area contributed by atoms with Gasteiger partial charge in [-0.2, -0.15) is 0 Å². The summed E-state index contributed by atoms with van der Waals surface area (Å²) in [4.78, 5) is 41.6. The molecule has 2 aromatic rings. The van der Waals surface area contributed by atoms with Crippen molar-refractivity contribution in [3.8, 4) is 0 Å². The van der Waals surface area contributed by atoms with E-state index in [1.807, 2.05) is 24.3 Å². The third-order valence-electron chi connectivity index (χ3n) is 5.71. The van der Waals surface area contributed by atoms with Gasteiger partial charge in [0.1, 0.15) is 18.4 Å². The third-order valence-corrected chi connectivity index (χ3v) is 5.71. The molecule has 2 heterocycles. The van der Waals surface area contributed by atoms with Gasteiger partial charge in [0, 0.05) is 12.2 Å². The van der Waals surface area contributed by atoms with E-state index in [1.165, 1.54) is 21.9 Å². The van der Waals surface area contributed by atoms with E-state index >= 15 is 0 Å². The predicted molar refractivity (Wildman–Crippen MR) is 112 cm³/mol.